The third-order valence-electron chi connectivity index (χ3n) is 1.07. The first-order valence-electron chi connectivity index (χ1n) is 3.86. The maximum atomic E-state index is 11.5. The molecule has 0 rings (SSSR count). The lowest BCUT2D eigenvalue weighted by Gasteiger charge is -2.07. The largest absolute Gasteiger partial charge is 0.480 e. The van der Waals surface area contributed by atoms with Gasteiger partial charge >= 0.3 is 12.1 Å². The Kier molecular flexibility index (Phi) is 6.22. The summed E-state index contributed by atoms with van der Waals surface area (Å²) in [6, 6.07) is 0. The van der Waals surface area contributed by atoms with E-state index in [4.69, 9.17) is 5.11 Å². The van der Waals surface area contributed by atoms with Gasteiger partial charge in [-0.25, -0.2) is 4.79 Å². The molecule has 0 saturated carbocycles. The van der Waals surface area contributed by atoms with Crippen LogP contribution in [0.25, 0.3) is 0 Å². The Balaban J connectivity index is 3.11. The van der Waals surface area contributed by atoms with Crippen molar-refractivity contribution in [3.63, 3.8) is 0 Å². The topological polar surface area (TPSA) is 55.8 Å². The summed E-state index contributed by atoms with van der Waals surface area (Å²) in [6.07, 6.45) is -4.08. The molecule has 0 aromatic heterocycles. The number of carboxylic acid groups (broad SMARTS) is 1. The van der Waals surface area contributed by atoms with E-state index < -0.39 is 25.4 Å². The summed E-state index contributed by atoms with van der Waals surface area (Å²) in [5.74, 6) is -1.11. The number of carbonyl (C=O) groups is 1. The second-order valence-electron chi connectivity index (χ2n) is 2.47. The van der Waals surface area contributed by atoms with Gasteiger partial charge in [0.05, 0.1) is 0 Å². The summed E-state index contributed by atoms with van der Waals surface area (Å²) in [7, 11) is 0. The maximum Gasteiger partial charge on any atom is 0.411 e. The zero-order valence-corrected chi connectivity index (χ0v) is 7.34. The average Bonchev–Trinajstić information content (AvgIpc) is 2.00. The highest BCUT2D eigenvalue weighted by atomic mass is 19.4. The van der Waals surface area contributed by atoms with Crippen molar-refractivity contribution in [2.24, 2.45) is 0 Å². The van der Waals surface area contributed by atoms with Crippen molar-refractivity contribution in [2.45, 2.75) is 12.6 Å². The summed E-state index contributed by atoms with van der Waals surface area (Å²) in [4.78, 5) is 9.91. The molecule has 1 N–H and O–H groups in total. The molecule has 0 atom stereocenters. The summed E-state index contributed by atoms with van der Waals surface area (Å²) in [6.45, 7) is -1.76. The lowest BCUT2D eigenvalue weighted by molar-refractivity contribution is -0.174. The normalized spacial score (nSPS) is 11.6. The van der Waals surface area contributed by atoms with Crippen LogP contribution in [0.3, 0.4) is 0 Å². The maximum absolute atomic E-state index is 11.5. The molecule has 0 aliphatic carbocycles. The second kappa shape index (κ2) is 6.61. The molecule has 0 saturated heterocycles. The Morgan fingerprint density at radius 2 is 1.79 bits per heavy atom. The van der Waals surface area contributed by atoms with Crippen LogP contribution in [0.2, 0.25) is 0 Å². The van der Waals surface area contributed by atoms with E-state index in [1.807, 2.05) is 0 Å². The lowest BCUT2D eigenvalue weighted by atomic mass is 10.5. The highest BCUT2D eigenvalue weighted by Crippen LogP contribution is 2.14. The number of aliphatic carboxylic acids is 1. The molecular weight excluding hydrogens is 205 g/mol. The monoisotopic (exact) mass is 216 g/mol. The van der Waals surface area contributed by atoms with Gasteiger partial charge in [-0.3, -0.25) is 0 Å². The van der Waals surface area contributed by atoms with Gasteiger partial charge in [0, 0.05) is 13.2 Å². The Hall–Kier alpha value is -0.820. The van der Waals surface area contributed by atoms with Crippen molar-refractivity contribution in [1.29, 1.82) is 0 Å². The molecule has 14 heavy (non-hydrogen) atoms. The molecule has 0 radical (unpaired) electrons. The van der Waals surface area contributed by atoms with E-state index in [-0.39, 0.29) is 19.6 Å². The summed E-state index contributed by atoms with van der Waals surface area (Å²) in [5, 5.41) is 8.12. The molecule has 0 bridgehead atoms. The Morgan fingerprint density at radius 3 is 2.29 bits per heavy atom. The van der Waals surface area contributed by atoms with Crippen LogP contribution in [-0.4, -0.2) is 43.7 Å². The van der Waals surface area contributed by atoms with E-state index >= 15 is 0 Å². The number of alkyl halides is 3. The Bertz CT molecular complexity index is 169. The van der Waals surface area contributed by atoms with Gasteiger partial charge in [-0.2, -0.15) is 13.2 Å². The highest BCUT2D eigenvalue weighted by Gasteiger charge is 2.27. The molecule has 0 amide bonds. The van der Waals surface area contributed by atoms with Crippen molar-refractivity contribution in [3.8, 4) is 0 Å². The first kappa shape index (κ1) is 13.2. The smallest absolute Gasteiger partial charge is 0.411 e. The number of hydrogen-bond acceptors (Lipinski definition) is 3. The quantitative estimate of drug-likeness (QED) is 0.646. The van der Waals surface area contributed by atoms with Gasteiger partial charge in [-0.15, -0.1) is 0 Å². The van der Waals surface area contributed by atoms with E-state index in [0.29, 0.717) is 0 Å². The van der Waals surface area contributed by atoms with Gasteiger partial charge in [-0.1, -0.05) is 0 Å². The lowest BCUT2D eigenvalue weighted by Crippen LogP contribution is -2.18. The first-order chi connectivity index (χ1) is 6.42. The molecular formula is C7H11F3O4. The molecule has 0 spiro atoms. The van der Waals surface area contributed by atoms with Crippen LogP contribution in [-0.2, 0) is 14.3 Å². The molecule has 0 aliphatic heterocycles. The van der Waals surface area contributed by atoms with Crippen molar-refractivity contribution in [1.82, 2.24) is 0 Å². The number of rotatable bonds is 7. The summed E-state index contributed by atoms with van der Waals surface area (Å²) in [5.41, 5.74) is 0. The fourth-order valence-corrected chi connectivity index (χ4v) is 0.610. The van der Waals surface area contributed by atoms with Gasteiger partial charge in [0.15, 0.2) is 0 Å². The molecule has 7 heteroatoms. The van der Waals surface area contributed by atoms with Crippen LogP contribution in [0.15, 0.2) is 0 Å². The molecule has 4 nitrogen and oxygen atoms in total. The summed E-state index contributed by atoms with van der Waals surface area (Å²) < 4.78 is 43.3. The van der Waals surface area contributed by atoms with Crippen LogP contribution in [0.1, 0.15) is 6.42 Å². The first-order valence-corrected chi connectivity index (χ1v) is 3.86. The average molecular weight is 216 g/mol. The molecule has 84 valence electrons. The number of ether oxygens (including phenoxy) is 2. The molecule has 0 fully saturated rings. The predicted molar refractivity (Wildman–Crippen MR) is 39.9 cm³/mol. The van der Waals surface area contributed by atoms with Crippen LogP contribution < -0.4 is 0 Å². The fraction of sp³-hybridized carbons (Fsp3) is 0.857. The third-order valence-corrected chi connectivity index (χ3v) is 1.07. The highest BCUT2D eigenvalue weighted by molar-refractivity contribution is 5.67. The van der Waals surface area contributed by atoms with Gasteiger partial charge in [0.25, 0.3) is 0 Å². The van der Waals surface area contributed by atoms with Gasteiger partial charge < -0.3 is 14.6 Å². The van der Waals surface area contributed by atoms with Crippen molar-refractivity contribution < 1.29 is 32.5 Å². The third kappa shape index (κ3) is 11.2. The number of hydrogen-bond donors (Lipinski definition) is 1. The molecule has 0 aliphatic rings. The zero-order chi connectivity index (χ0) is 11.0. The predicted octanol–water partition coefficient (Wildman–Crippen LogP) is 1.06. The van der Waals surface area contributed by atoms with Crippen molar-refractivity contribution >= 4 is 5.97 Å². The van der Waals surface area contributed by atoms with Crippen LogP contribution >= 0.6 is 0 Å². The van der Waals surface area contributed by atoms with Crippen LogP contribution in [0.4, 0.5) is 13.2 Å². The van der Waals surface area contributed by atoms with E-state index in [0.717, 1.165) is 0 Å². The molecule has 0 unspecified atom stereocenters. The van der Waals surface area contributed by atoms with Crippen LogP contribution in [0.5, 0.6) is 0 Å². The SMILES string of the molecule is O=C(O)COCCCOCC(F)(F)F. The van der Waals surface area contributed by atoms with Gasteiger partial charge in [0.1, 0.15) is 13.2 Å². The van der Waals surface area contributed by atoms with E-state index in [2.05, 4.69) is 9.47 Å². The summed E-state index contributed by atoms with van der Waals surface area (Å²) >= 11 is 0. The second-order valence-corrected chi connectivity index (χ2v) is 2.47. The number of carboxylic acids is 1. The van der Waals surface area contributed by atoms with Crippen molar-refractivity contribution in [2.75, 3.05) is 26.4 Å². The van der Waals surface area contributed by atoms with Crippen LogP contribution in [0, 0.1) is 0 Å². The van der Waals surface area contributed by atoms with E-state index in [1.54, 1.807) is 0 Å². The Morgan fingerprint density at radius 1 is 1.21 bits per heavy atom. The number of halogens is 3. The van der Waals surface area contributed by atoms with E-state index in [9.17, 15) is 18.0 Å². The van der Waals surface area contributed by atoms with Gasteiger partial charge in [-0.05, 0) is 6.42 Å². The minimum Gasteiger partial charge on any atom is -0.480 e. The fourth-order valence-electron chi connectivity index (χ4n) is 0.610. The van der Waals surface area contributed by atoms with E-state index in [1.165, 1.54) is 0 Å². The zero-order valence-electron chi connectivity index (χ0n) is 7.34. The minimum absolute atomic E-state index is 0.0736. The van der Waals surface area contributed by atoms with Crippen molar-refractivity contribution in [3.05, 3.63) is 0 Å². The Labute approximate surface area is 78.6 Å². The molecule has 0 aromatic rings. The minimum atomic E-state index is -4.32. The standard InChI is InChI=1S/C7H11F3O4/c8-7(9,10)5-14-3-1-2-13-4-6(11)12/h1-5H2,(H,11,12). The molecule has 0 heterocycles. The molecule has 0 aromatic carbocycles. The van der Waals surface area contributed by atoms with Gasteiger partial charge in [0.2, 0.25) is 0 Å².